The van der Waals surface area contributed by atoms with Gasteiger partial charge in [-0.25, -0.2) is 4.98 Å². The second kappa shape index (κ2) is 8.68. The summed E-state index contributed by atoms with van der Waals surface area (Å²) < 4.78 is 1.70. The molecule has 0 fully saturated rings. The number of hydrogen-bond acceptors (Lipinski definition) is 4. The number of nitrogens with zero attached hydrogens (tertiary/aromatic N) is 2. The number of hydrogen-bond donors (Lipinski definition) is 2. The van der Waals surface area contributed by atoms with Crippen LogP contribution in [0.2, 0.25) is 0 Å². The molecule has 0 saturated heterocycles. The number of aryl methyl sites for hydroxylation is 3. The van der Waals surface area contributed by atoms with Crippen molar-refractivity contribution in [1.29, 1.82) is 0 Å². The highest BCUT2D eigenvalue weighted by molar-refractivity contribution is 7.99. The van der Waals surface area contributed by atoms with E-state index in [-0.39, 0.29) is 17.2 Å². The Hall–Kier alpha value is -2.54. The van der Waals surface area contributed by atoms with Crippen molar-refractivity contribution < 1.29 is 4.79 Å². The first kappa shape index (κ1) is 20.7. The van der Waals surface area contributed by atoms with Gasteiger partial charge in [-0.2, -0.15) is 0 Å². The van der Waals surface area contributed by atoms with Crippen LogP contribution in [0.15, 0.2) is 34.2 Å². The molecule has 0 atom stereocenters. The van der Waals surface area contributed by atoms with Gasteiger partial charge >= 0.3 is 0 Å². The van der Waals surface area contributed by atoms with Crippen LogP contribution in [-0.2, 0) is 24.2 Å². The van der Waals surface area contributed by atoms with Gasteiger partial charge in [0.15, 0.2) is 5.16 Å². The highest BCUT2D eigenvalue weighted by atomic mass is 32.2. The molecule has 30 heavy (non-hydrogen) atoms. The number of H-pyrrole nitrogens is 1. The zero-order valence-electron chi connectivity index (χ0n) is 17.7. The number of aromatic amines is 1. The van der Waals surface area contributed by atoms with E-state index in [1.165, 1.54) is 29.3 Å². The zero-order valence-corrected chi connectivity index (χ0v) is 18.6. The standard InChI is InChI=1S/C23H28N4O2S/c1-14(2)9-10-27-22(29)21-19(11-15(3)24-21)26-23(27)30-13-20(28)25-18-8-7-16-5-4-6-17(16)12-18/h7-8,11-12,14,24H,4-6,9-10,13H2,1-3H3,(H,25,28). The molecule has 3 aromatic rings. The summed E-state index contributed by atoms with van der Waals surface area (Å²) in [6.07, 6.45) is 4.26. The van der Waals surface area contributed by atoms with Crippen LogP contribution in [0.3, 0.4) is 0 Å². The SMILES string of the molecule is Cc1cc2nc(SCC(=O)Nc3ccc4c(c3)CCC4)n(CCC(C)C)c(=O)c2[nH]1. The Bertz CT molecular complexity index is 1150. The van der Waals surface area contributed by atoms with Crippen molar-refractivity contribution in [2.45, 2.75) is 58.2 Å². The minimum atomic E-state index is -0.0899. The summed E-state index contributed by atoms with van der Waals surface area (Å²) in [4.78, 5) is 33.4. The third-order valence-electron chi connectivity index (χ3n) is 5.48. The summed E-state index contributed by atoms with van der Waals surface area (Å²) in [7, 11) is 0. The van der Waals surface area contributed by atoms with E-state index in [1.807, 2.05) is 19.1 Å². The lowest BCUT2D eigenvalue weighted by molar-refractivity contribution is -0.113. The van der Waals surface area contributed by atoms with E-state index in [4.69, 9.17) is 0 Å². The number of aromatic nitrogens is 3. The van der Waals surface area contributed by atoms with E-state index < -0.39 is 0 Å². The lowest BCUT2D eigenvalue weighted by Crippen LogP contribution is -2.25. The molecule has 0 spiro atoms. The van der Waals surface area contributed by atoms with E-state index in [0.29, 0.717) is 28.7 Å². The number of rotatable bonds is 7. The van der Waals surface area contributed by atoms with Gasteiger partial charge in [0.2, 0.25) is 5.91 Å². The maximum absolute atomic E-state index is 13.0. The maximum Gasteiger partial charge on any atom is 0.278 e. The summed E-state index contributed by atoms with van der Waals surface area (Å²) in [5.41, 5.74) is 5.57. The van der Waals surface area contributed by atoms with Crippen LogP contribution in [0.1, 0.15) is 43.5 Å². The van der Waals surface area contributed by atoms with Gasteiger partial charge in [-0.05, 0) is 67.9 Å². The predicted molar refractivity (Wildman–Crippen MR) is 122 cm³/mol. The number of nitrogens with one attached hydrogen (secondary N) is 2. The van der Waals surface area contributed by atoms with E-state index in [2.05, 4.69) is 41.3 Å². The fraction of sp³-hybridized carbons (Fsp3) is 0.435. The number of fused-ring (bicyclic) bond motifs is 2. The molecule has 0 saturated carbocycles. The van der Waals surface area contributed by atoms with Crippen molar-refractivity contribution in [3.05, 3.63) is 51.4 Å². The lowest BCUT2D eigenvalue weighted by atomic mass is 10.1. The number of benzene rings is 1. The molecule has 2 N–H and O–H groups in total. The van der Waals surface area contributed by atoms with Gasteiger partial charge < -0.3 is 10.3 Å². The van der Waals surface area contributed by atoms with E-state index in [0.717, 1.165) is 30.6 Å². The Kier molecular flexibility index (Phi) is 5.99. The van der Waals surface area contributed by atoms with Crippen LogP contribution < -0.4 is 10.9 Å². The zero-order chi connectivity index (χ0) is 21.3. The number of anilines is 1. The Morgan fingerprint density at radius 2 is 2.07 bits per heavy atom. The van der Waals surface area contributed by atoms with Crippen molar-refractivity contribution in [2.24, 2.45) is 5.92 Å². The van der Waals surface area contributed by atoms with Crippen LogP contribution in [0.25, 0.3) is 11.0 Å². The topological polar surface area (TPSA) is 79.8 Å². The van der Waals surface area contributed by atoms with Gasteiger partial charge in [0.05, 0.1) is 11.3 Å². The largest absolute Gasteiger partial charge is 0.353 e. The minimum Gasteiger partial charge on any atom is -0.353 e. The second-order valence-corrected chi connectivity index (χ2v) is 9.36. The maximum atomic E-state index is 13.0. The molecule has 1 amide bonds. The molecular formula is C23H28N4O2S. The summed E-state index contributed by atoms with van der Waals surface area (Å²) in [6.45, 7) is 6.77. The number of carbonyl (C=O) groups excluding carboxylic acids is 1. The van der Waals surface area contributed by atoms with E-state index in [1.54, 1.807) is 4.57 Å². The molecule has 7 heteroatoms. The third kappa shape index (κ3) is 4.46. The van der Waals surface area contributed by atoms with Crippen LogP contribution in [0.5, 0.6) is 0 Å². The molecule has 0 radical (unpaired) electrons. The average molecular weight is 425 g/mol. The Morgan fingerprint density at radius 1 is 1.27 bits per heavy atom. The molecule has 1 aliphatic rings. The number of thioether (sulfide) groups is 1. The molecular weight excluding hydrogens is 396 g/mol. The first-order valence-corrected chi connectivity index (χ1v) is 11.5. The molecule has 0 unspecified atom stereocenters. The first-order chi connectivity index (χ1) is 14.4. The molecule has 2 heterocycles. The monoisotopic (exact) mass is 424 g/mol. The second-order valence-electron chi connectivity index (χ2n) is 8.42. The smallest absolute Gasteiger partial charge is 0.278 e. The Balaban J connectivity index is 1.51. The Labute approximate surface area is 180 Å². The van der Waals surface area contributed by atoms with E-state index in [9.17, 15) is 9.59 Å². The quantitative estimate of drug-likeness (QED) is 0.438. The molecule has 0 bridgehead atoms. The van der Waals surface area contributed by atoms with Crippen molar-refractivity contribution in [2.75, 3.05) is 11.1 Å². The molecule has 158 valence electrons. The van der Waals surface area contributed by atoms with Crippen molar-refractivity contribution in [3.63, 3.8) is 0 Å². The molecule has 0 aliphatic heterocycles. The molecule has 1 aliphatic carbocycles. The summed E-state index contributed by atoms with van der Waals surface area (Å²) >= 11 is 1.32. The highest BCUT2D eigenvalue weighted by Crippen LogP contribution is 2.25. The fourth-order valence-electron chi connectivity index (χ4n) is 3.88. The van der Waals surface area contributed by atoms with E-state index >= 15 is 0 Å². The highest BCUT2D eigenvalue weighted by Gasteiger charge is 2.16. The summed E-state index contributed by atoms with van der Waals surface area (Å²) in [5, 5.41) is 3.58. The van der Waals surface area contributed by atoms with Crippen LogP contribution >= 0.6 is 11.8 Å². The van der Waals surface area contributed by atoms with Crippen molar-refractivity contribution in [1.82, 2.24) is 14.5 Å². The van der Waals surface area contributed by atoms with Gasteiger partial charge in [-0.15, -0.1) is 0 Å². The van der Waals surface area contributed by atoms with Gasteiger partial charge in [0.25, 0.3) is 5.56 Å². The normalized spacial score (nSPS) is 13.2. The van der Waals surface area contributed by atoms with Crippen molar-refractivity contribution >= 4 is 34.4 Å². The molecule has 4 rings (SSSR count). The Morgan fingerprint density at radius 3 is 2.87 bits per heavy atom. The van der Waals surface area contributed by atoms with Gasteiger partial charge in [0.1, 0.15) is 5.52 Å². The summed E-state index contributed by atoms with van der Waals surface area (Å²) in [5.74, 6) is 0.590. The molecule has 1 aromatic carbocycles. The van der Waals surface area contributed by atoms with Crippen LogP contribution in [0, 0.1) is 12.8 Å². The fourth-order valence-corrected chi connectivity index (χ4v) is 4.71. The summed E-state index contributed by atoms with van der Waals surface area (Å²) in [6, 6.07) is 8.03. The van der Waals surface area contributed by atoms with Crippen LogP contribution in [0.4, 0.5) is 5.69 Å². The predicted octanol–water partition coefficient (Wildman–Crippen LogP) is 4.30. The number of amides is 1. The molecule has 2 aromatic heterocycles. The molecule has 6 nitrogen and oxygen atoms in total. The lowest BCUT2D eigenvalue weighted by Gasteiger charge is -2.13. The first-order valence-electron chi connectivity index (χ1n) is 10.6. The van der Waals surface area contributed by atoms with Gasteiger partial charge in [0, 0.05) is 17.9 Å². The van der Waals surface area contributed by atoms with Crippen LogP contribution in [-0.4, -0.2) is 26.2 Å². The van der Waals surface area contributed by atoms with Gasteiger partial charge in [-0.3, -0.25) is 14.2 Å². The van der Waals surface area contributed by atoms with Crippen molar-refractivity contribution in [3.8, 4) is 0 Å². The third-order valence-corrected chi connectivity index (χ3v) is 6.46. The minimum absolute atomic E-state index is 0.0738. The van der Waals surface area contributed by atoms with Gasteiger partial charge in [-0.1, -0.05) is 31.7 Å². The average Bonchev–Trinajstić information content (AvgIpc) is 3.31. The number of carbonyl (C=O) groups is 1.